The second-order valence-electron chi connectivity index (χ2n) is 7.69. The molecule has 0 aliphatic carbocycles. The standard InChI is InChI=1S/C25H32N2O6/c1-4-32-23-15-18(8-10-22(23)33-17-24(28)27-12-6-5-7-13-27)25(29)26-16-19-14-20(30-2)9-11-21(19)31-3/h8-11,14-15H,4-7,12-13,16-17H2,1-3H3,(H,26,29). The summed E-state index contributed by atoms with van der Waals surface area (Å²) < 4.78 is 22.0. The zero-order chi connectivity index (χ0) is 23.6. The van der Waals surface area contributed by atoms with Crippen LogP contribution in [0.4, 0.5) is 0 Å². The van der Waals surface area contributed by atoms with Crippen LogP contribution < -0.4 is 24.3 Å². The van der Waals surface area contributed by atoms with Gasteiger partial charge in [0.15, 0.2) is 18.1 Å². The van der Waals surface area contributed by atoms with Crippen molar-refractivity contribution in [1.29, 1.82) is 0 Å². The summed E-state index contributed by atoms with van der Waals surface area (Å²) in [6, 6.07) is 10.4. The van der Waals surface area contributed by atoms with Crippen molar-refractivity contribution in [2.24, 2.45) is 0 Å². The van der Waals surface area contributed by atoms with E-state index in [9.17, 15) is 9.59 Å². The summed E-state index contributed by atoms with van der Waals surface area (Å²) >= 11 is 0. The Bertz CT molecular complexity index is 956. The largest absolute Gasteiger partial charge is 0.497 e. The topological polar surface area (TPSA) is 86.3 Å². The number of carbonyl (C=O) groups is 2. The molecule has 2 aromatic rings. The van der Waals surface area contributed by atoms with Crippen LogP contribution in [0.1, 0.15) is 42.1 Å². The third kappa shape index (κ3) is 6.54. The smallest absolute Gasteiger partial charge is 0.260 e. The number of likely N-dealkylation sites (tertiary alicyclic amines) is 1. The first-order valence-electron chi connectivity index (χ1n) is 11.2. The van der Waals surface area contributed by atoms with Gasteiger partial charge >= 0.3 is 0 Å². The number of nitrogens with zero attached hydrogens (tertiary/aromatic N) is 1. The summed E-state index contributed by atoms with van der Waals surface area (Å²) in [5.41, 5.74) is 1.22. The maximum Gasteiger partial charge on any atom is 0.260 e. The van der Waals surface area contributed by atoms with E-state index < -0.39 is 0 Å². The Morgan fingerprint density at radius 2 is 1.67 bits per heavy atom. The van der Waals surface area contributed by atoms with Gasteiger partial charge in [0.05, 0.1) is 20.8 Å². The maximum absolute atomic E-state index is 12.8. The van der Waals surface area contributed by atoms with Gasteiger partial charge in [0, 0.05) is 30.8 Å². The molecule has 1 heterocycles. The number of benzene rings is 2. The summed E-state index contributed by atoms with van der Waals surface area (Å²) in [6.07, 6.45) is 3.22. The van der Waals surface area contributed by atoms with Crippen molar-refractivity contribution in [1.82, 2.24) is 10.2 Å². The molecule has 0 saturated carbocycles. The third-order valence-electron chi connectivity index (χ3n) is 5.49. The zero-order valence-corrected chi connectivity index (χ0v) is 19.5. The highest BCUT2D eigenvalue weighted by Crippen LogP contribution is 2.29. The Morgan fingerprint density at radius 1 is 0.909 bits per heavy atom. The van der Waals surface area contributed by atoms with Crippen molar-refractivity contribution < 1.29 is 28.5 Å². The molecule has 8 nitrogen and oxygen atoms in total. The predicted octanol–water partition coefficient (Wildman–Crippen LogP) is 3.42. The van der Waals surface area contributed by atoms with E-state index in [4.69, 9.17) is 18.9 Å². The molecule has 2 aromatic carbocycles. The highest BCUT2D eigenvalue weighted by atomic mass is 16.5. The Balaban J connectivity index is 1.65. The maximum atomic E-state index is 12.8. The van der Waals surface area contributed by atoms with Gasteiger partial charge in [-0.25, -0.2) is 0 Å². The first-order chi connectivity index (χ1) is 16.0. The molecule has 0 atom stereocenters. The summed E-state index contributed by atoms with van der Waals surface area (Å²) in [5, 5.41) is 2.89. The van der Waals surface area contributed by atoms with Crippen LogP contribution in [0.15, 0.2) is 36.4 Å². The van der Waals surface area contributed by atoms with Crippen LogP contribution in [0, 0.1) is 0 Å². The fraction of sp³-hybridized carbons (Fsp3) is 0.440. The first kappa shape index (κ1) is 24.2. The Labute approximate surface area is 194 Å². The van der Waals surface area contributed by atoms with E-state index in [1.54, 1.807) is 44.6 Å². The van der Waals surface area contributed by atoms with E-state index in [1.807, 2.05) is 17.9 Å². The number of rotatable bonds is 10. The molecular weight excluding hydrogens is 424 g/mol. The van der Waals surface area contributed by atoms with Gasteiger partial charge in [-0.1, -0.05) is 0 Å². The lowest BCUT2D eigenvalue weighted by atomic mass is 10.1. The van der Waals surface area contributed by atoms with Crippen LogP contribution in [-0.4, -0.2) is 57.2 Å². The number of hydrogen-bond donors (Lipinski definition) is 1. The average molecular weight is 457 g/mol. The summed E-state index contributed by atoms with van der Waals surface area (Å²) in [4.78, 5) is 27.0. The van der Waals surface area contributed by atoms with E-state index in [1.165, 1.54) is 0 Å². The van der Waals surface area contributed by atoms with Crippen molar-refractivity contribution >= 4 is 11.8 Å². The van der Waals surface area contributed by atoms with Gasteiger partial charge in [-0.3, -0.25) is 9.59 Å². The van der Waals surface area contributed by atoms with Crippen molar-refractivity contribution in [3.05, 3.63) is 47.5 Å². The van der Waals surface area contributed by atoms with Gasteiger partial charge in [0.25, 0.3) is 11.8 Å². The molecule has 1 saturated heterocycles. The normalized spacial score (nSPS) is 13.2. The fourth-order valence-electron chi connectivity index (χ4n) is 3.71. The summed E-state index contributed by atoms with van der Waals surface area (Å²) in [5.74, 6) is 1.90. The molecule has 0 radical (unpaired) electrons. The van der Waals surface area contributed by atoms with Crippen LogP contribution in [-0.2, 0) is 11.3 Å². The minimum Gasteiger partial charge on any atom is -0.497 e. The molecule has 33 heavy (non-hydrogen) atoms. The Kier molecular flexibility index (Phi) is 8.80. The number of ether oxygens (including phenoxy) is 4. The lowest BCUT2D eigenvalue weighted by Gasteiger charge is -2.26. The molecule has 1 aliphatic rings. The van der Waals surface area contributed by atoms with Crippen LogP contribution in [0.2, 0.25) is 0 Å². The molecule has 0 unspecified atom stereocenters. The van der Waals surface area contributed by atoms with E-state index >= 15 is 0 Å². The minimum absolute atomic E-state index is 0.0359. The molecule has 0 bridgehead atoms. The molecule has 1 N–H and O–H groups in total. The number of piperidine rings is 1. The molecule has 2 amide bonds. The summed E-state index contributed by atoms with van der Waals surface area (Å²) in [7, 11) is 3.17. The number of amides is 2. The van der Waals surface area contributed by atoms with E-state index in [2.05, 4.69) is 5.32 Å². The molecule has 1 fully saturated rings. The van der Waals surface area contributed by atoms with Crippen LogP contribution >= 0.6 is 0 Å². The monoisotopic (exact) mass is 456 g/mol. The molecule has 0 spiro atoms. The number of hydrogen-bond acceptors (Lipinski definition) is 6. The van der Waals surface area contributed by atoms with Crippen molar-refractivity contribution in [2.45, 2.75) is 32.7 Å². The Morgan fingerprint density at radius 3 is 2.36 bits per heavy atom. The van der Waals surface area contributed by atoms with Crippen LogP contribution in [0.5, 0.6) is 23.0 Å². The number of nitrogens with one attached hydrogen (secondary N) is 1. The quantitative estimate of drug-likeness (QED) is 0.590. The van der Waals surface area contributed by atoms with Crippen LogP contribution in [0.3, 0.4) is 0 Å². The van der Waals surface area contributed by atoms with Crippen molar-refractivity contribution in [2.75, 3.05) is 40.5 Å². The third-order valence-corrected chi connectivity index (χ3v) is 5.49. The molecular formula is C25H32N2O6. The lowest BCUT2D eigenvalue weighted by molar-refractivity contribution is -0.134. The van der Waals surface area contributed by atoms with Crippen molar-refractivity contribution in [3.63, 3.8) is 0 Å². The van der Waals surface area contributed by atoms with Crippen molar-refractivity contribution in [3.8, 4) is 23.0 Å². The molecule has 8 heteroatoms. The van der Waals surface area contributed by atoms with E-state index in [0.717, 1.165) is 37.9 Å². The average Bonchev–Trinajstić information content (AvgIpc) is 2.86. The van der Waals surface area contributed by atoms with E-state index in [-0.39, 0.29) is 25.0 Å². The highest BCUT2D eigenvalue weighted by molar-refractivity contribution is 5.95. The number of methoxy groups -OCH3 is 2. The number of carbonyl (C=O) groups excluding carboxylic acids is 2. The van der Waals surface area contributed by atoms with Gasteiger partial charge in [-0.15, -0.1) is 0 Å². The van der Waals surface area contributed by atoms with Gasteiger partial charge in [0.1, 0.15) is 11.5 Å². The molecule has 1 aliphatic heterocycles. The molecule has 3 rings (SSSR count). The van der Waals surface area contributed by atoms with Gasteiger partial charge in [-0.05, 0) is 62.6 Å². The highest BCUT2D eigenvalue weighted by Gasteiger charge is 2.18. The van der Waals surface area contributed by atoms with Gasteiger partial charge in [0.2, 0.25) is 0 Å². The van der Waals surface area contributed by atoms with Crippen LogP contribution in [0.25, 0.3) is 0 Å². The summed E-state index contributed by atoms with van der Waals surface area (Å²) in [6.45, 7) is 4.02. The first-order valence-corrected chi connectivity index (χ1v) is 11.2. The zero-order valence-electron chi connectivity index (χ0n) is 19.5. The SMILES string of the molecule is CCOc1cc(C(=O)NCc2cc(OC)ccc2OC)ccc1OCC(=O)N1CCCCC1. The second-order valence-corrected chi connectivity index (χ2v) is 7.69. The van der Waals surface area contributed by atoms with E-state index in [0.29, 0.717) is 35.2 Å². The lowest BCUT2D eigenvalue weighted by Crippen LogP contribution is -2.38. The second kappa shape index (κ2) is 12.0. The van der Waals surface area contributed by atoms with Gasteiger partial charge < -0.3 is 29.2 Å². The predicted molar refractivity (Wildman–Crippen MR) is 124 cm³/mol. The molecule has 178 valence electrons. The minimum atomic E-state index is -0.267. The van der Waals surface area contributed by atoms with Gasteiger partial charge in [-0.2, -0.15) is 0 Å². The molecule has 0 aromatic heterocycles. The Hall–Kier alpha value is -3.42. The fourth-order valence-corrected chi connectivity index (χ4v) is 3.71.